The van der Waals surface area contributed by atoms with Gasteiger partial charge in [-0.15, -0.1) is 5.10 Å². The number of hydrogen-bond acceptors (Lipinski definition) is 5. The predicted molar refractivity (Wildman–Crippen MR) is 81.8 cm³/mol. The van der Waals surface area contributed by atoms with Gasteiger partial charge in [-0.05, 0) is 31.0 Å². The van der Waals surface area contributed by atoms with E-state index < -0.39 is 0 Å². The molecule has 0 saturated carbocycles. The van der Waals surface area contributed by atoms with Crippen LogP contribution < -0.4 is 4.74 Å². The SMILES string of the molecule is CCc1cnc(OCc2cn(-c3ccc(C)cc3)nn2)nc1. The fraction of sp³-hybridized carbons (Fsp3) is 0.250. The lowest BCUT2D eigenvalue weighted by Crippen LogP contribution is -2.00. The van der Waals surface area contributed by atoms with Gasteiger partial charge in [-0.3, -0.25) is 0 Å². The van der Waals surface area contributed by atoms with Gasteiger partial charge in [0.05, 0.1) is 11.9 Å². The van der Waals surface area contributed by atoms with Gasteiger partial charge in [0, 0.05) is 12.4 Å². The van der Waals surface area contributed by atoms with Crippen molar-refractivity contribution < 1.29 is 4.74 Å². The van der Waals surface area contributed by atoms with E-state index in [-0.39, 0.29) is 6.61 Å². The van der Waals surface area contributed by atoms with Crippen molar-refractivity contribution in [2.75, 3.05) is 0 Å². The Hall–Kier alpha value is -2.76. The third-order valence-corrected chi connectivity index (χ3v) is 3.28. The molecule has 0 bridgehead atoms. The lowest BCUT2D eigenvalue weighted by Gasteiger charge is -2.02. The first-order chi connectivity index (χ1) is 10.7. The molecule has 0 unspecified atom stereocenters. The fourth-order valence-electron chi connectivity index (χ4n) is 1.93. The summed E-state index contributed by atoms with van der Waals surface area (Å²) < 4.78 is 7.24. The Morgan fingerprint density at radius 3 is 2.50 bits per heavy atom. The van der Waals surface area contributed by atoms with Crippen molar-refractivity contribution in [2.24, 2.45) is 0 Å². The molecule has 2 heterocycles. The summed E-state index contributed by atoms with van der Waals surface area (Å²) in [7, 11) is 0. The first kappa shape index (κ1) is 14.2. The molecule has 0 spiro atoms. The van der Waals surface area contributed by atoms with Gasteiger partial charge in [0.2, 0.25) is 0 Å². The first-order valence-corrected chi connectivity index (χ1v) is 7.16. The highest BCUT2D eigenvalue weighted by molar-refractivity contribution is 5.33. The van der Waals surface area contributed by atoms with E-state index in [1.54, 1.807) is 17.1 Å². The van der Waals surface area contributed by atoms with E-state index in [0.717, 1.165) is 23.4 Å². The van der Waals surface area contributed by atoms with Gasteiger partial charge in [0.25, 0.3) is 0 Å². The standard InChI is InChI=1S/C16H17N5O/c1-3-13-8-17-16(18-9-13)22-11-14-10-21(20-19-14)15-6-4-12(2)5-7-15/h4-10H,3,11H2,1-2H3. The summed E-state index contributed by atoms with van der Waals surface area (Å²) in [5.74, 6) is 0. The van der Waals surface area contributed by atoms with Crippen LogP contribution in [0.15, 0.2) is 42.9 Å². The van der Waals surface area contributed by atoms with Crippen molar-refractivity contribution in [3.8, 4) is 11.7 Å². The van der Waals surface area contributed by atoms with Gasteiger partial charge in [-0.2, -0.15) is 0 Å². The third kappa shape index (κ3) is 3.28. The molecular weight excluding hydrogens is 278 g/mol. The van der Waals surface area contributed by atoms with Crippen LogP contribution in [0.25, 0.3) is 5.69 Å². The summed E-state index contributed by atoms with van der Waals surface area (Å²) in [6.45, 7) is 4.40. The molecule has 22 heavy (non-hydrogen) atoms. The molecule has 0 radical (unpaired) electrons. The van der Waals surface area contributed by atoms with Crippen molar-refractivity contribution in [1.82, 2.24) is 25.0 Å². The minimum Gasteiger partial charge on any atom is -0.457 e. The summed E-state index contributed by atoms with van der Waals surface area (Å²) in [6.07, 6.45) is 6.28. The zero-order valence-electron chi connectivity index (χ0n) is 12.6. The van der Waals surface area contributed by atoms with Gasteiger partial charge < -0.3 is 4.74 Å². The number of aryl methyl sites for hydroxylation is 2. The molecule has 6 nitrogen and oxygen atoms in total. The lowest BCUT2D eigenvalue weighted by atomic mass is 10.2. The van der Waals surface area contributed by atoms with Crippen molar-refractivity contribution in [3.63, 3.8) is 0 Å². The van der Waals surface area contributed by atoms with Crippen LogP contribution in [-0.4, -0.2) is 25.0 Å². The van der Waals surface area contributed by atoms with Crippen LogP contribution in [0.3, 0.4) is 0 Å². The minimum absolute atomic E-state index is 0.289. The molecular formula is C16H17N5O. The number of ether oxygens (including phenoxy) is 1. The van der Waals surface area contributed by atoms with Gasteiger partial charge in [0.1, 0.15) is 12.3 Å². The zero-order valence-corrected chi connectivity index (χ0v) is 12.6. The second-order valence-electron chi connectivity index (χ2n) is 5.01. The van der Waals surface area contributed by atoms with Gasteiger partial charge in [0.15, 0.2) is 0 Å². The van der Waals surface area contributed by atoms with Gasteiger partial charge in [-0.25, -0.2) is 14.6 Å². The first-order valence-electron chi connectivity index (χ1n) is 7.16. The fourth-order valence-corrected chi connectivity index (χ4v) is 1.93. The Balaban J connectivity index is 1.65. The molecule has 0 saturated heterocycles. The smallest absolute Gasteiger partial charge is 0.316 e. The maximum atomic E-state index is 5.52. The number of nitrogens with zero attached hydrogens (tertiary/aromatic N) is 5. The van der Waals surface area contributed by atoms with Gasteiger partial charge >= 0.3 is 6.01 Å². The van der Waals surface area contributed by atoms with Gasteiger partial charge in [-0.1, -0.05) is 29.8 Å². The molecule has 0 aliphatic rings. The Labute approximate surface area is 128 Å². The zero-order chi connectivity index (χ0) is 15.4. The van der Waals surface area contributed by atoms with Crippen LogP contribution in [0.5, 0.6) is 6.01 Å². The summed E-state index contributed by atoms with van der Waals surface area (Å²) in [5, 5.41) is 8.20. The van der Waals surface area contributed by atoms with E-state index in [9.17, 15) is 0 Å². The molecule has 0 N–H and O–H groups in total. The maximum absolute atomic E-state index is 5.52. The Kier molecular flexibility index (Phi) is 4.09. The second-order valence-corrected chi connectivity index (χ2v) is 5.01. The monoisotopic (exact) mass is 295 g/mol. The molecule has 0 fully saturated rings. The highest BCUT2D eigenvalue weighted by Crippen LogP contribution is 2.10. The van der Waals surface area contributed by atoms with Crippen molar-refractivity contribution in [3.05, 3.63) is 59.7 Å². The topological polar surface area (TPSA) is 65.7 Å². The van der Waals surface area contributed by atoms with Crippen LogP contribution in [0.2, 0.25) is 0 Å². The Bertz CT molecular complexity index is 734. The van der Waals surface area contributed by atoms with Crippen LogP contribution >= 0.6 is 0 Å². The largest absolute Gasteiger partial charge is 0.457 e. The summed E-state index contributed by atoms with van der Waals surface area (Å²) in [4.78, 5) is 8.30. The molecule has 3 rings (SSSR count). The number of aromatic nitrogens is 5. The molecule has 0 amide bonds. The average Bonchev–Trinajstić information content (AvgIpc) is 3.03. The average molecular weight is 295 g/mol. The molecule has 3 aromatic rings. The summed E-state index contributed by atoms with van der Waals surface area (Å²) >= 11 is 0. The highest BCUT2D eigenvalue weighted by Gasteiger charge is 2.05. The maximum Gasteiger partial charge on any atom is 0.316 e. The summed E-state index contributed by atoms with van der Waals surface area (Å²) in [5.41, 5.74) is 3.98. The second kappa shape index (κ2) is 6.34. The van der Waals surface area contributed by atoms with Crippen molar-refractivity contribution in [2.45, 2.75) is 26.9 Å². The quantitative estimate of drug-likeness (QED) is 0.723. The molecule has 1 aromatic carbocycles. The van der Waals surface area contributed by atoms with E-state index in [4.69, 9.17) is 4.74 Å². The van der Waals surface area contributed by atoms with Crippen LogP contribution in [0.1, 0.15) is 23.7 Å². The van der Waals surface area contributed by atoms with Crippen LogP contribution in [0, 0.1) is 6.92 Å². The van der Waals surface area contributed by atoms with Crippen molar-refractivity contribution >= 4 is 0 Å². The molecule has 2 aromatic heterocycles. The third-order valence-electron chi connectivity index (χ3n) is 3.28. The molecule has 0 aliphatic carbocycles. The highest BCUT2D eigenvalue weighted by atomic mass is 16.5. The van der Waals surface area contributed by atoms with E-state index in [0.29, 0.717) is 6.01 Å². The van der Waals surface area contributed by atoms with E-state index >= 15 is 0 Å². The molecule has 0 aliphatic heterocycles. The normalized spacial score (nSPS) is 10.6. The van der Waals surface area contributed by atoms with Crippen LogP contribution in [0.4, 0.5) is 0 Å². The summed E-state index contributed by atoms with van der Waals surface area (Å²) in [6, 6.07) is 8.43. The Morgan fingerprint density at radius 1 is 1.09 bits per heavy atom. The predicted octanol–water partition coefficient (Wildman–Crippen LogP) is 2.51. The number of benzene rings is 1. The molecule has 112 valence electrons. The van der Waals surface area contributed by atoms with E-state index in [2.05, 4.69) is 27.2 Å². The minimum atomic E-state index is 0.289. The molecule has 0 atom stereocenters. The Morgan fingerprint density at radius 2 is 1.82 bits per heavy atom. The lowest BCUT2D eigenvalue weighted by molar-refractivity contribution is 0.276. The number of rotatable bonds is 5. The number of hydrogen-bond donors (Lipinski definition) is 0. The van der Waals surface area contributed by atoms with E-state index in [1.165, 1.54) is 5.56 Å². The van der Waals surface area contributed by atoms with Crippen molar-refractivity contribution in [1.29, 1.82) is 0 Å². The van der Waals surface area contributed by atoms with Crippen LogP contribution in [-0.2, 0) is 13.0 Å². The van der Waals surface area contributed by atoms with E-state index in [1.807, 2.05) is 37.4 Å². The molecule has 6 heteroatoms.